The Bertz CT molecular complexity index is 1270. The van der Waals surface area contributed by atoms with E-state index in [0.29, 0.717) is 10.8 Å². The van der Waals surface area contributed by atoms with Crippen molar-refractivity contribution >= 4 is 23.4 Å². The van der Waals surface area contributed by atoms with Crippen LogP contribution >= 0.6 is 11.8 Å². The molecule has 0 fully saturated rings. The molecule has 4 rings (SSSR count). The van der Waals surface area contributed by atoms with Crippen LogP contribution in [0.4, 0.5) is 14.5 Å². The molecule has 3 aromatic carbocycles. The van der Waals surface area contributed by atoms with Gasteiger partial charge in [0, 0.05) is 11.4 Å². The van der Waals surface area contributed by atoms with Gasteiger partial charge in [0.2, 0.25) is 5.91 Å². The summed E-state index contributed by atoms with van der Waals surface area (Å²) in [6.07, 6.45) is 0. The topological polar surface area (TPSA) is 59.8 Å². The second-order valence-electron chi connectivity index (χ2n) is 7.25. The molecule has 0 atom stereocenters. The molecule has 162 valence electrons. The monoisotopic (exact) mass is 450 g/mol. The summed E-state index contributed by atoms with van der Waals surface area (Å²) >= 11 is 1.16. The van der Waals surface area contributed by atoms with Gasteiger partial charge in [-0.3, -0.25) is 9.36 Å². The summed E-state index contributed by atoms with van der Waals surface area (Å²) in [6.45, 7) is 3.92. The number of aromatic nitrogens is 3. The molecular formula is C24H20F2N4OS. The smallest absolute Gasteiger partial charge is 0.234 e. The van der Waals surface area contributed by atoms with Gasteiger partial charge in [0.25, 0.3) is 0 Å². The maximum Gasteiger partial charge on any atom is 0.234 e. The Kier molecular flexibility index (Phi) is 6.32. The van der Waals surface area contributed by atoms with E-state index in [1.807, 2.05) is 32.0 Å². The first-order valence-electron chi connectivity index (χ1n) is 9.88. The van der Waals surface area contributed by atoms with E-state index >= 15 is 0 Å². The Balaban J connectivity index is 1.61. The molecular weight excluding hydrogens is 430 g/mol. The number of carbonyl (C=O) groups is 1. The van der Waals surface area contributed by atoms with E-state index in [1.165, 1.54) is 18.2 Å². The summed E-state index contributed by atoms with van der Waals surface area (Å²) in [5.74, 6) is -0.706. The maximum absolute atomic E-state index is 14.5. The van der Waals surface area contributed by atoms with Crippen LogP contribution in [0.2, 0.25) is 0 Å². The van der Waals surface area contributed by atoms with Gasteiger partial charge in [-0.05, 0) is 61.9 Å². The minimum Gasteiger partial charge on any atom is -0.325 e. The summed E-state index contributed by atoms with van der Waals surface area (Å²) in [5, 5.41) is 11.6. The SMILES string of the molecule is Cc1ccc(NC(=O)CSc2nnc(-c3ccccc3F)n2-c2ccc(F)cc2)c(C)c1. The van der Waals surface area contributed by atoms with E-state index in [4.69, 9.17) is 0 Å². The van der Waals surface area contributed by atoms with Gasteiger partial charge in [0.15, 0.2) is 11.0 Å². The fourth-order valence-corrected chi connectivity index (χ4v) is 4.03. The number of amides is 1. The van der Waals surface area contributed by atoms with Crippen LogP contribution in [0.5, 0.6) is 0 Å². The molecule has 0 aliphatic heterocycles. The number of carbonyl (C=O) groups excluding carboxylic acids is 1. The number of hydrogen-bond acceptors (Lipinski definition) is 4. The van der Waals surface area contributed by atoms with Crippen molar-refractivity contribution in [2.24, 2.45) is 0 Å². The lowest BCUT2D eigenvalue weighted by molar-refractivity contribution is -0.113. The Morgan fingerprint density at radius 3 is 2.47 bits per heavy atom. The van der Waals surface area contributed by atoms with Crippen LogP contribution in [-0.4, -0.2) is 26.4 Å². The standard InChI is InChI=1S/C24H20F2N4OS/c1-15-7-12-21(16(2)13-15)27-22(31)14-32-24-29-28-23(19-5-3-4-6-20(19)26)30(24)18-10-8-17(25)9-11-18/h3-13H,14H2,1-2H3,(H,27,31). The second kappa shape index (κ2) is 9.32. The predicted octanol–water partition coefficient (Wildman–Crippen LogP) is 5.56. The molecule has 0 bridgehead atoms. The number of aryl methyl sites for hydroxylation is 2. The van der Waals surface area contributed by atoms with Crippen LogP contribution in [0.15, 0.2) is 71.9 Å². The van der Waals surface area contributed by atoms with E-state index in [2.05, 4.69) is 15.5 Å². The van der Waals surface area contributed by atoms with Crippen LogP contribution in [0.1, 0.15) is 11.1 Å². The molecule has 0 unspecified atom stereocenters. The molecule has 0 radical (unpaired) electrons. The highest BCUT2D eigenvalue weighted by molar-refractivity contribution is 7.99. The van der Waals surface area contributed by atoms with Gasteiger partial charge in [-0.1, -0.05) is 41.6 Å². The highest BCUT2D eigenvalue weighted by Gasteiger charge is 2.19. The lowest BCUT2D eigenvalue weighted by atomic mass is 10.1. The number of nitrogens with zero attached hydrogens (tertiary/aromatic N) is 3. The minimum atomic E-state index is -0.451. The van der Waals surface area contributed by atoms with E-state index in [0.717, 1.165) is 28.6 Å². The number of hydrogen-bond donors (Lipinski definition) is 1. The van der Waals surface area contributed by atoms with E-state index in [9.17, 15) is 13.6 Å². The third-order valence-corrected chi connectivity index (χ3v) is 5.75. The number of halogens is 2. The van der Waals surface area contributed by atoms with Crippen LogP contribution < -0.4 is 5.32 Å². The Morgan fingerprint density at radius 2 is 1.75 bits per heavy atom. The normalized spacial score (nSPS) is 10.9. The highest BCUT2D eigenvalue weighted by Crippen LogP contribution is 2.29. The van der Waals surface area contributed by atoms with Gasteiger partial charge < -0.3 is 5.32 Å². The molecule has 0 aliphatic rings. The first kappa shape index (κ1) is 21.7. The molecule has 32 heavy (non-hydrogen) atoms. The van der Waals surface area contributed by atoms with Gasteiger partial charge >= 0.3 is 0 Å². The van der Waals surface area contributed by atoms with Gasteiger partial charge in [-0.25, -0.2) is 8.78 Å². The van der Waals surface area contributed by atoms with Crippen LogP contribution in [0.25, 0.3) is 17.1 Å². The Morgan fingerprint density at radius 1 is 1.00 bits per heavy atom. The lowest BCUT2D eigenvalue weighted by Gasteiger charge is -2.11. The minimum absolute atomic E-state index is 0.0733. The summed E-state index contributed by atoms with van der Waals surface area (Å²) in [5.41, 5.74) is 3.65. The molecule has 0 saturated heterocycles. The van der Waals surface area contributed by atoms with Crippen molar-refractivity contribution in [3.05, 3.63) is 89.5 Å². The number of benzene rings is 3. The van der Waals surface area contributed by atoms with E-state index < -0.39 is 11.6 Å². The summed E-state index contributed by atoms with van der Waals surface area (Å²) < 4.78 is 29.5. The van der Waals surface area contributed by atoms with Crippen LogP contribution in [0, 0.1) is 25.5 Å². The van der Waals surface area contributed by atoms with Crippen molar-refractivity contribution in [2.45, 2.75) is 19.0 Å². The first-order chi connectivity index (χ1) is 15.4. The van der Waals surface area contributed by atoms with Crippen LogP contribution in [-0.2, 0) is 4.79 Å². The third kappa shape index (κ3) is 4.70. The van der Waals surface area contributed by atoms with Crippen molar-refractivity contribution in [2.75, 3.05) is 11.1 Å². The Hall–Kier alpha value is -3.52. The van der Waals surface area contributed by atoms with Crippen LogP contribution in [0.3, 0.4) is 0 Å². The summed E-state index contributed by atoms with van der Waals surface area (Å²) in [6, 6.07) is 17.7. The molecule has 1 N–H and O–H groups in total. The van der Waals surface area contributed by atoms with Gasteiger partial charge in [0.05, 0.1) is 11.3 Å². The largest absolute Gasteiger partial charge is 0.325 e. The molecule has 5 nitrogen and oxygen atoms in total. The number of nitrogens with one attached hydrogen (secondary N) is 1. The quantitative estimate of drug-likeness (QED) is 0.391. The molecule has 1 aromatic heterocycles. The average molecular weight is 451 g/mol. The zero-order valence-electron chi connectivity index (χ0n) is 17.5. The molecule has 1 amide bonds. The summed E-state index contributed by atoms with van der Waals surface area (Å²) in [4.78, 5) is 12.5. The fraction of sp³-hybridized carbons (Fsp3) is 0.125. The molecule has 8 heteroatoms. The van der Waals surface area contributed by atoms with Crippen molar-refractivity contribution in [3.63, 3.8) is 0 Å². The number of thioether (sulfide) groups is 1. The van der Waals surface area contributed by atoms with Gasteiger partial charge in [0.1, 0.15) is 11.6 Å². The summed E-state index contributed by atoms with van der Waals surface area (Å²) in [7, 11) is 0. The highest BCUT2D eigenvalue weighted by atomic mass is 32.2. The fourth-order valence-electron chi connectivity index (χ4n) is 3.27. The molecule has 4 aromatic rings. The zero-order valence-corrected chi connectivity index (χ0v) is 18.3. The zero-order chi connectivity index (χ0) is 22.7. The van der Waals surface area contributed by atoms with Gasteiger partial charge in [-0.2, -0.15) is 0 Å². The predicted molar refractivity (Wildman–Crippen MR) is 122 cm³/mol. The third-order valence-electron chi connectivity index (χ3n) is 4.82. The first-order valence-corrected chi connectivity index (χ1v) is 10.9. The maximum atomic E-state index is 14.5. The number of anilines is 1. The molecule has 0 saturated carbocycles. The average Bonchev–Trinajstić information content (AvgIpc) is 3.19. The van der Waals surface area contributed by atoms with Crippen molar-refractivity contribution in [1.82, 2.24) is 14.8 Å². The number of rotatable bonds is 6. The van der Waals surface area contributed by atoms with Crippen molar-refractivity contribution in [1.29, 1.82) is 0 Å². The Labute approximate surface area is 188 Å². The molecule has 1 heterocycles. The van der Waals surface area contributed by atoms with Gasteiger partial charge in [-0.15, -0.1) is 10.2 Å². The second-order valence-corrected chi connectivity index (χ2v) is 8.20. The lowest BCUT2D eigenvalue weighted by Crippen LogP contribution is -2.15. The van der Waals surface area contributed by atoms with Crippen molar-refractivity contribution in [3.8, 4) is 17.1 Å². The van der Waals surface area contributed by atoms with E-state index in [-0.39, 0.29) is 23.0 Å². The van der Waals surface area contributed by atoms with E-state index in [1.54, 1.807) is 34.9 Å². The molecule has 0 spiro atoms. The molecule has 0 aliphatic carbocycles. The van der Waals surface area contributed by atoms with Crippen molar-refractivity contribution < 1.29 is 13.6 Å².